The fourth-order valence-corrected chi connectivity index (χ4v) is 5.00. The number of Topliss-reactive ketones (excluding diaryl/α,β-unsaturated/α-hetero) is 1. The summed E-state index contributed by atoms with van der Waals surface area (Å²) in [5.74, 6) is 2.70. The lowest BCUT2D eigenvalue weighted by molar-refractivity contribution is 0.101. The quantitative estimate of drug-likeness (QED) is 0.177. The third-order valence-corrected chi connectivity index (χ3v) is 7.22. The normalized spacial score (nSPS) is 11.5. The van der Waals surface area contributed by atoms with E-state index in [0.29, 0.717) is 45.7 Å². The number of pyridine rings is 1. The number of ketones is 1. The van der Waals surface area contributed by atoms with Crippen LogP contribution in [0.2, 0.25) is 0 Å². The summed E-state index contributed by atoms with van der Waals surface area (Å²) in [6.45, 7) is 3.99. The molecule has 1 atom stereocenters. The van der Waals surface area contributed by atoms with Gasteiger partial charge in [-0.3, -0.25) is 4.79 Å². The van der Waals surface area contributed by atoms with Gasteiger partial charge in [-0.2, -0.15) is 0 Å². The fourth-order valence-electron chi connectivity index (χ4n) is 5.00. The first-order chi connectivity index (χ1) is 20.3. The number of aromatic amines is 1. The molecule has 8 nitrogen and oxygen atoms in total. The first kappa shape index (κ1) is 30.4. The molecule has 220 valence electrons. The van der Waals surface area contributed by atoms with Gasteiger partial charge in [0.2, 0.25) is 5.75 Å². The van der Waals surface area contributed by atoms with Crippen molar-refractivity contribution in [2.45, 2.75) is 26.7 Å². The summed E-state index contributed by atoms with van der Waals surface area (Å²) in [6.07, 6.45) is 3.99. The lowest BCUT2D eigenvalue weighted by Crippen LogP contribution is -2.01. The van der Waals surface area contributed by atoms with Gasteiger partial charge in [-0.1, -0.05) is 25.1 Å². The van der Waals surface area contributed by atoms with Crippen LogP contribution in [0.25, 0.3) is 33.1 Å². The molecule has 0 radical (unpaired) electrons. The molecule has 42 heavy (non-hydrogen) atoms. The maximum Gasteiger partial charge on any atom is 0.203 e. The van der Waals surface area contributed by atoms with Crippen LogP contribution in [-0.4, -0.2) is 55.9 Å². The van der Waals surface area contributed by atoms with Crippen LogP contribution in [0, 0.1) is 5.92 Å². The number of hydrogen-bond donors (Lipinski definition) is 2. The van der Waals surface area contributed by atoms with Crippen molar-refractivity contribution in [3.05, 3.63) is 78.0 Å². The van der Waals surface area contributed by atoms with Crippen LogP contribution in [0.1, 0.15) is 36.2 Å². The van der Waals surface area contributed by atoms with E-state index >= 15 is 0 Å². The zero-order valence-electron chi connectivity index (χ0n) is 25.0. The molecule has 0 saturated heterocycles. The van der Waals surface area contributed by atoms with E-state index in [1.165, 1.54) is 23.4 Å². The summed E-state index contributed by atoms with van der Waals surface area (Å²) < 4.78 is 21.5. The van der Waals surface area contributed by atoms with Gasteiger partial charge in [0.25, 0.3) is 0 Å². The maximum absolute atomic E-state index is 12.3. The summed E-state index contributed by atoms with van der Waals surface area (Å²) in [5, 5.41) is 10.9. The Bertz CT molecular complexity index is 1650. The number of aliphatic hydroxyl groups excluding tert-OH is 1. The molecule has 0 spiro atoms. The van der Waals surface area contributed by atoms with Gasteiger partial charge in [-0.05, 0) is 73.7 Å². The predicted molar refractivity (Wildman–Crippen MR) is 166 cm³/mol. The van der Waals surface area contributed by atoms with E-state index in [2.05, 4.69) is 36.3 Å². The summed E-state index contributed by atoms with van der Waals surface area (Å²) in [4.78, 5) is 20.2. The largest absolute Gasteiger partial charge is 0.497 e. The Morgan fingerprint density at radius 2 is 1.62 bits per heavy atom. The van der Waals surface area contributed by atoms with E-state index in [9.17, 15) is 4.79 Å². The van der Waals surface area contributed by atoms with E-state index in [0.717, 1.165) is 23.8 Å². The van der Waals surface area contributed by atoms with Crippen LogP contribution in [-0.2, 0) is 6.42 Å². The topological polar surface area (TPSA) is 103 Å². The van der Waals surface area contributed by atoms with Gasteiger partial charge in [0.1, 0.15) is 5.75 Å². The molecule has 0 aliphatic carbocycles. The van der Waals surface area contributed by atoms with Crippen LogP contribution in [0.15, 0.2) is 66.9 Å². The molecule has 0 fully saturated rings. The highest BCUT2D eigenvalue weighted by Crippen LogP contribution is 2.41. The fraction of sp³-hybridized carbons (Fsp3) is 0.294. The molecule has 0 amide bonds. The number of carbonyl (C=O) groups excluding carboxylic acids is 1. The van der Waals surface area contributed by atoms with E-state index in [-0.39, 0.29) is 12.4 Å². The Hall–Kier alpha value is -4.56. The Morgan fingerprint density at radius 3 is 2.24 bits per heavy atom. The smallest absolute Gasteiger partial charge is 0.203 e. The average Bonchev–Trinajstić information content (AvgIpc) is 3.42. The summed E-state index contributed by atoms with van der Waals surface area (Å²) in [7, 11) is 6.26. The Labute approximate surface area is 246 Å². The molecule has 2 N–H and O–H groups in total. The number of nitrogens with one attached hydrogen (secondary N) is 1. The van der Waals surface area contributed by atoms with Crippen molar-refractivity contribution in [3.8, 4) is 34.3 Å². The van der Waals surface area contributed by atoms with Crippen molar-refractivity contribution in [2.24, 2.45) is 5.92 Å². The number of benzene rings is 3. The van der Waals surface area contributed by atoms with Gasteiger partial charge in [-0.15, -0.1) is 0 Å². The Morgan fingerprint density at radius 1 is 0.905 bits per heavy atom. The van der Waals surface area contributed by atoms with Crippen molar-refractivity contribution in [1.82, 2.24) is 9.97 Å². The molecule has 3 aromatic carbocycles. The number of methoxy groups -OCH3 is 4. The number of nitrogens with zero attached hydrogens (tertiary/aromatic N) is 1. The average molecular weight is 571 g/mol. The number of para-hydroxylation sites is 1. The molecule has 5 aromatic rings. The van der Waals surface area contributed by atoms with Gasteiger partial charge in [0, 0.05) is 40.2 Å². The van der Waals surface area contributed by atoms with Crippen LogP contribution in [0.4, 0.5) is 0 Å². The summed E-state index contributed by atoms with van der Waals surface area (Å²) in [6, 6.07) is 19.2. The summed E-state index contributed by atoms with van der Waals surface area (Å²) in [5.41, 5.74) is 5.21. The van der Waals surface area contributed by atoms with Crippen molar-refractivity contribution in [2.75, 3.05) is 35.0 Å². The molecule has 2 aromatic heterocycles. The standard InChI is InChI=1S/C21H21NO5.C13H17NO/c1-12(23)15-11-18(22-17-7-6-14(24-2)10-16(15)17)13-8-19(25-3)21(27-5)20(9-13)26-4;1-10(6-7-15)8-11-9-14-13-5-3-2-4-12(11)13/h6-11H,1-5H3;2-5,9-10,14-15H,6-8H2,1H3. The predicted octanol–water partition coefficient (Wildman–Crippen LogP) is 6.87. The zero-order valence-corrected chi connectivity index (χ0v) is 25.0. The number of hydrogen-bond acceptors (Lipinski definition) is 7. The molecular weight excluding hydrogens is 532 g/mol. The maximum atomic E-state index is 12.3. The third-order valence-electron chi connectivity index (χ3n) is 7.22. The number of aliphatic hydroxyl groups is 1. The number of rotatable bonds is 10. The molecule has 0 aliphatic rings. The minimum Gasteiger partial charge on any atom is -0.497 e. The number of H-pyrrole nitrogens is 1. The Kier molecular flexibility index (Phi) is 10.0. The minimum atomic E-state index is -0.0515. The number of fused-ring (bicyclic) bond motifs is 2. The molecule has 5 rings (SSSR count). The second-order valence-electron chi connectivity index (χ2n) is 10.1. The summed E-state index contributed by atoms with van der Waals surface area (Å²) >= 11 is 0. The van der Waals surface area contributed by atoms with Crippen molar-refractivity contribution in [3.63, 3.8) is 0 Å². The SMILES string of the molecule is CC(CCO)Cc1c[nH]c2ccccc12.COc1ccc2nc(-c3cc(OC)c(OC)c(OC)c3)cc(C(C)=O)c2c1. The zero-order chi connectivity index (χ0) is 30.2. The first-order valence-corrected chi connectivity index (χ1v) is 13.8. The Balaban J connectivity index is 0.000000227. The van der Waals surface area contributed by atoms with Gasteiger partial charge < -0.3 is 29.0 Å². The van der Waals surface area contributed by atoms with E-state index < -0.39 is 0 Å². The second kappa shape index (κ2) is 13.9. The first-order valence-electron chi connectivity index (χ1n) is 13.8. The van der Waals surface area contributed by atoms with Crippen molar-refractivity contribution < 1.29 is 28.8 Å². The van der Waals surface area contributed by atoms with Gasteiger partial charge in [0.15, 0.2) is 17.3 Å². The molecule has 1 unspecified atom stereocenters. The number of ether oxygens (including phenoxy) is 4. The van der Waals surface area contributed by atoms with Gasteiger partial charge in [-0.25, -0.2) is 4.98 Å². The molecule has 0 aliphatic heterocycles. The number of carbonyl (C=O) groups is 1. The minimum absolute atomic E-state index is 0.0515. The highest BCUT2D eigenvalue weighted by molar-refractivity contribution is 6.07. The van der Waals surface area contributed by atoms with Crippen molar-refractivity contribution >= 4 is 27.6 Å². The molecule has 0 bridgehead atoms. The molecule has 8 heteroatoms. The lowest BCUT2D eigenvalue weighted by Gasteiger charge is -2.15. The lowest BCUT2D eigenvalue weighted by atomic mass is 9.98. The van der Waals surface area contributed by atoms with E-state index in [4.69, 9.17) is 29.0 Å². The highest BCUT2D eigenvalue weighted by atomic mass is 16.5. The van der Waals surface area contributed by atoms with Crippen LogP contribution >= 0.6 is 0 Å². The molecule has 0 saturated carbocycles. The third kappa shape index (κ3) is 6.66. The van der Waals surface area contributed by atoms with Crippen LogP contribution in [0.5, 0.6) is 23.0 Å². The highest BCUT2D eigenvalue weighted by Gasteiger charge is 2.17. The van der Waals surface area contributed by atoms with Crippen molar-refractivity contribution in [1.29, 1.82) is 0 Å². The monoisotopic (exact) mass is 570 g/mol. The van der Waals surface area contributed by atoms with E-state index in [1.807, 2.05) is 36.4 Å². The second-order valence-corrected chi connectivity index (χ2v) is 10.1. The molecular formula is C34H38N2O6. The van der Waals surface area contributed by atoms with E-state index in [1.54, 1.807) is 34.5 Å². The van der Waals surface area contributed by atoms with Gasteiger partial charge >= 0.3 is 0 Å². The van der Waals surface area contributed by atoms with Crippen LogP contribution < -0.4 is 18.9 Å². The van der Waals surface area contributed by atoms with Gasteiger partial charge in [0.05, 0.1) is 39.6 Å². The number of aromatic nitrogens is 2. The molecule has 2 heterocycles. The van der Waals surface area contributed by atoms with Crippen LogP contribution in [0.3, 0.4) is 0 Å².